The zero-order valence-corrected chi connectivity index (χ0v) is 15.4. The van der Waals surface area contributed by atoms with E-state index in [1.165, 1.54) is 11.1 Å². The Kier molecular flexibility index (Phi) is 4.29. The first-order valence-corrected chi connectivity index (χ1v) is 8.30. The van der Waals surface area contributed by atoms with Gasteiger partial charge in [-0.15, -0.1) is 0 Å². The summed E-state index contributed by atoms with van der Waals surface area (Å²) in [4.78, 5) is 6.76. The lowest BCUT2D eigenvalue weighted by molar-refractivity contribution is 0.414. The number of hydrogen-bond donors (Lipinski definition) is 1. The minimum absolute atomic E-state index is 0.0380. The number of rotatable bonds is 3. The van der Waals surface area contributed by atoms with Gasteiger partial charge >= 0.3 is 0 Å². The molecule has 25 heavy (non-hydrogen) atoms. The van der Waals surface area contributed by atoms with Gasteiger partial charge in [0.15, 0.2) is 0 Å². The van der Waals surface area contributed by atoms with E-state index in [2.05, 4.69) is 55.9 Å². The lowest BCUT2D eigenvalue weighted by atomic mass is 9.88. The van der Waals surface area contributed by atoms with Gasteiger partial charge in [0.05, 0.1) is 18.3 Å². The summed E-state index contributed by atoms with van der Waals surface area (Å²) in [6.07, 6.45) is 4.08. The molecular formula is C21H24N2O2. The van der Waals surface area contributed by atoms with Crippen LogP contribution in [-0.4, -0.2) is 31.0 Å². The molecule has 3 rings (SSSR count). The van der Waals surface area contributed by atoms with Crippen molar-refractivity contribution in [1.29, 1.82) is 0 Å². The average molecular weight is 336 g/mol. The molecule has 0 spiro atoms. The SMILES string of the molecule is COc1cc2c(cc1C=Nc1ccc(O)cc1)C(C)=CC(C)(C)N2C. The predicted molar refractivity (Wildman–Crippen MR) is 104 cm³/mol. The summed E-state index contributed by atoms with van der Waals surface area (Å²) in [5.74, 6) is 1.02. The number of benzene rings is 2. The summed E-state index contributed by atoms with van der Waals surface area (Å²) in [6, 6.07) is 11.0. The fourth-order valence-corrected chi connectivity index (χ4v) is 3.15. The largest absolute Gasteiger partial charge is 0.508 e. The maximum absolute atomic E-state index is 9.37. The molecule has 0 atom stereocenters. The third-order valence-corrected chi connectivity index (χ3v) is 4.77. The molecule has 1 N–H and O–H groups in total. The molecule has 1 aliphatic rings. The van der Waals surface area contributed by atoms with Gasteiger partial charge in [0.2, 0.25) is 0 Å². The number of hydrogen-bond acceptors (Lipinski definition) is 4. The van der Waals surface area contributed by atoms with Crippen LogP contribution in [0, 0.1) is 0 Å². The minimum Gasteiger partial charge on any atom is -0.508 e. The Morgan fingerprint density at radius 1 is 1.16 bits per heavy atom. The highest BCUT2D eigenvalue weighted by Gasteiger charge is 2.29. The number of methoxy groups -OCH3 is 1. The Morgan fingerprint density at radius 2 is 1.84 bits per heavy atom. The fourth-order valence-electron chi connectivity index (χ4n) is 3.15. The van der Waals surface area contributed by atoms with E-state index in [1.54, 1.807) is 37.6 Å². The Labute approximate surface area is 149 Å². The van der Waals surface area contributed by atoms with Gasteiger partial charge in [-0.25, -0.2) is 0 Å². The summed E-state index contributed by atoms with van der Waals surface area (Å²) in [5, 5.41) is 9.37. The van der Waals surface area contributed by atoms with Gasteiger partial charge in [0, 0.05) is 36.1 Å². The lowest BCUT2D eigenvalue weighted by Crippen LogP contribution is -2.42. The topological polar surface area (TPSA) is 45.1 Å². The number of anilines is 1. The Hall–Kier alpha value is -2.75. The Balaban J connectivity index is 2.04. The van der Waals surface area contributed by atoms with Crippen LogP contribution < -0.4 is 9.64 Å². The van der Waals surface area contributed by atoms with Crippen LogP contribution in [0.4, 0.5) is 11.4 Å². The maximum Gasteiger partial charge on any atom is 0.129 e. The molecule has 0 saturated heterocycles. The number of phenols is 1. The number of aromatic hydroxyl groups is 1. The van der Waals surface area contributed by atoms with Crippen LogP contribution in [0.3, 0.4) is 0 Å². The van der Waals surface area contributed by atoms with Crippen LogP contribution in [0.1, 0.15) is 31.9 Å². The molecule has 1 heterocycles. The molecule has 2 aromatic carbocycles. The monoisotopic (exact) mass is 336 g/mol. The molecule has 1 aliphatic heterocycles. The number of aliphatic imine (C=N–C) groups is 1. The third-order valence-electron chi connectivity index (χ3n) is 4.77. The second-order valence-corrected chi connectivity index (χ2v) is 6.93. The number of phenolic OH excluding ortho intramolecular Hbond substituents is 1. The summed E-state index contributed by atoms with van der Waals surface area (Å²) in [6.45, 7) is 6.54. The molecule has 0 fully saturated rings. The molecular weight excluding hydrogens is 312 g/mol. The zero-order chi connectivity index (χ0) is 18.2. The molecule has 0 radical (unpaired) electrons. The van der Waals surface area contributed by atoms with E-state index in [4.69, 9.17) is 4.74 Å². The van der Waals surface area contributed by atoms with Crippen molar-refractivity contribution in [2.75, 3.05) is 19.1 Å². The number of allylic oxidation sites excluding steroid dienone is 1. The number of likely N-dealkylation sites (N-methyl/N-ethyl adjacent to an activating group) is 1. The molecule has 0 aliphatic carbocycles. The van der Waals surface area contributed by atoms with Crippen molar-refractivity contribution in [3.8, 4) is 11.5 Å². The normalized spacial score (nSPS) is 15.9. The van der Waals surface area contributed by atoms with Crippen molar-refractivity contribution in [1.82, 2.24) is 0 Å². The number of nitrogens with zero attached hydrogens (tertiary/aromatic N) is 2. The van der Waals surface area contributed by atoms with E-state index in [0.717, 1.165) is 22.7 Å². The van der Waals surface area contributed by atoms with Gasteiger partial charge in [0.25, 0.3) is 0 Å². The van der Waals surface area contributed by atoms with Crippen molar-refractivity contribution in [2.24, 2.45) is 4.99 Å². The van der Waals surface area contributed by atoms with Gasteiger partial charge in [-0.2, -0.15) is 0 Å². The molecule has 2 aromatic rings. The molecule has 0 aromatic heterocycles. The minimum atomic E-state index is -0.0380. The third kappa shape index (κ3) is 3.25. The standard InChI is InChI=1S/C21H24N2O2/c1-14-12-21(2,3)23(4)19-11-20(25-5)15(10-18(14)19)13-22-16-6-8-17(24)9-7-16/h6-13,24H,1-5H3. The van der Waals surface area contributed by atoms with Crippen LogP contribution in [0.2, 0.25) is 0 Å². The van der Waals surface area contributed by atoms with E-state index in [-0.39, 0.29) is 11.3 Å². The second kappa shape index (κ2) is 6.28. The smallest absolute Gasteiger partial charge is 0.129 e. The van der Waals surface area contributed by atoms with Crippen LogP contribution in [0.15, 0.2) is 47.5 Å². The van der Waals surface area contributed by atoms with Gasteiger partial charge in [-0.3, -0.25) is 4.99 Å². The first-order chi connectivity index (χ1) is 11.8. The summed E-state index contributed by atoms with van der Waals surface area (Å²) in [5.41, 5.74) is 5.26. The van der Waals surface area contributed by atoms with E-state index in [9.17, 15) is 5.11 Å². The van der Waals surface area contributed by atoms with Crippen molar-refractivity contribution >= 4 is 23.2 Å². The van der Waals surface area contributed by atoms with E-state index in [0.29, 0.717) is 0 Å². The molecule has 0 amide bonds. The van der Waals surface area contributed by atoms with E-state index < -0.39 is 0 Å². The highest BCUT2D eigenvalue weighted by molar-refractivity contribution is 5.91. The lowest BCUT2D eigenvalue weighted by Gasteiger charge is -2.40. The van der Waals surface area contributed by atoms with Gasteiger partial charge in [0.1, 0.15) is 11.5 Å². The van der Waals surface area contributed by atoms with Gasteiger partial charge in [-0.1, -0.05) is 6.08 Å². The van der Waals surface area contributed by atoms with Crippen molar-refractivity contribution < 1.29 is 9.84 Å². The Morgan fingerprint density at radius 3 is 2.48 bits per heavy atom. The van der Waals surface area contributed by atoms with Crippen molar-refractivity contribution in [3.63, 3.8) is 0 Å². The molecule has 0 saturated carbocycles. The second-order valence-electron chi connectivity index (χ2n) is 6.93. The zero-order valence-electron chi connectivity index (χ0n) is 15.4. The summed E-state index contributed by atoms with van der Waals surface area (Å²) in [7, 11) is 3.78. The number of fused-ring (bicyclic) bond motifs is 1. The highest BCUT2D eigenvalue weighted by Crippen LogP contribution is 2.40. The van der Waals surface area contributed by atoms with Crippen molar-refractivity contribution in [2.45, 2.75) is 26.3 Å². The quantitative estimate of drug-likeness (QED) is 0.820. The molecule has 0 unspecified atom stereocenters. The maximum atomic E-state index is 9.37. The first kappa shape index (κ1) is 17.1. The Bertz CT molecular complexity index is 849. The van der Waals surface area contributed by atoms with E-state index >= 15 is 0 Å². The van der Waals surface area contributed by atoms with Crippen LogP contribution in [0.5, 0.6) is 11.5 Å². The van der Waals surface area contributed by atoms with Gasteiger partial charge in [-0.05, 0) is 56.7 Å². The van der Waals surface area contributed by atoms with Crippen LogP contribution in [-0.2, 0) is 0 Å². The molecule has 130 valence electrons. The molecule has 4 heteroatoms. The van der Waals surface area contributed by atoms with Crippen molar-refractivity contribution in [3.05, 3.63) is 53.6 Å². The average Bonchev–Trinajstić information content (AvgIpc) is 2.58. The van der Waals surface area contributed by atoms with E-state index in [1.807, 2.05) is 0 Å². The highest BCUT2D eigenvalue weighted by atomic mass is 16.5. The molecule has 4 nitrogen and oxygen atoms in total. The summed E-state index contributed by atoms with van der Waals surface area (Å²) < 4.78 is 5.59. The number of ether oxygens (including phenoxy) is 1. The summed E-state index contributed by atoms with van der Waals surface area (Å²) >= 11 is 0. The van der Waals surface area contributed by atoms with Crippen LogP contribution in [0.25, 0.3) is 5.57 Å². The van der Waals surface area contributed by atoms with Gasteiger partial charge < -0.3 is 14.7 Å². The first-order valence-electron chi connectivity index (χ1n) is 8.30. The molecule has 0 bridgehead atoms. The predicted octanol–water partition coefficient (Wildman–Crippen LogP) is 4.78. The fraction of sp³-hybridized carbons (Fsp3) is 0.286. The van der Waals surface area contributed by atoms with Crippen LogP contribution >= 0.6 is 0 Å².